The molecule has 0 amide bonds. The molecule has 8 heteroatoms. The molecule has 0 N–H and O–H groups in total. The van der Waals surface area contributed by atoms with E-state index >= 15 is 0 Å². The Hall–Kier alpha value is -0.630. The van der Waals surface area contributed by atoms with Crippen molar-refractivity contribution in [3.8, 4) is 0 Å². The van der Waals surface area contributed by atoms with Crippen LogP contribution in [0.15, 0.2) is 18.2 Å². The number of alkyl halides is 4. The average Bonchev–Trinajstić information content (AvgIpc) is 2.67. The smallest absolute Gasteiger partial charge is 0.229 e. The van der Waals surface area contributed by atoms with E-state index in [9.17, 15) is 26.0 Å². The molecule has 1 heterocycles. The second-order valence-corrected chi connectivity index (χ2v) is 8.01. The minimum Gasteiger partial charge on any atom is -0.229 e. The summed E-state index contributed by atoms with van der Waals surface area (Å²) in [6, 6.07) is 2.44. The lowest BCUT2D eigenvalue weighted by atomic mass is 9.94. The van der Waals surface area contributed by atoms with Crippen molar-refractivity contribution in [2.75, 3.05) is 11.5 Å². The van der Waals surface area contributed by atoms with Gasteiger partial charge in [0.05, 0.1) is 17.1 Å². The highest BCUT2D eigenvalue weighted by Crippen LogP contribution is 2.43. The van der Waals surface area contributed by atoms with Gasteiger partial charge in [-0.2, -0.15) is 13.2 Å². The van der Waals surface area contributed by atoms with Crippen LogP contribution >= 0.6 is 15.9 Å². The molecule has 2 rings (SSSR count). The summed E-state index contributed by atoms with van der Waals surface area (Å²) in [4.78, 5) is -0.767. The first-order valence-corrected chi connectivity index (χ1v) is 8.55. The van der Waals surface area contributed by atoms with Crippen molar-refractivity contribution in [3.63, 3.8) is 0 Å². The third kappa shape index (κ3) is 3.33. The maximum atomic E-state index is 13.0. The molecule has 0 aliphatic carbocycles. The van der Waals surface area contributed by atoms with Crippen molar-refractivity contribution in [2.45, 2.75) is 17.4 Å². The molecule has 20 heavy (non-hydrogen) atoms. The zero-order valence-electron chi connectivity index (χ0n) is 10.1. The van der Waals surface area contributed by atoms with Gasteiger partial charge in [-0.15, -0.1) is 0 Å². The third-order valence-electron chi connectivity index (χ3n) is 3.30. The molecule has 2 unspecified atom stereocenters. The van der Waals surface area contributed by atoms with E-state index in [-0.39, 0.29) is 17.1 Å². The van der Waals surface area contributed by atoms with Gasteiger partial charge in [0.2, 0.25) is 0 Å². The molecule has 0 aromatic heterocycles. The van der Waals surface area contributed by atoms with Gasteiger partial charge < -0.3 is 0 Å². The van der Waals surface area contributed by atoms with Gasteiger partial charge >= 0.3 is 6.18 Å². The van der Waals surface area contributed by atoms with Gasteiger partial charge in [-0.05, 0) is 30.0 Å². The number of benzene rings is 1. The molecule has 0 spiro atoms. The second kappa shape index (κ2) is 5.29. The van der Waals surface area contributed by atoms with E-state index < -0.39 is 38.1 Å². The fourth-order valence-electron chi connectivity index (χ4n) is 2.32. The molecule has 0 bridgehead atoms. The standard InChI is InChI=1S/C12H11BrF4O2S/c13-11(7-3-4-20(18,19)6-7)9-2-1-8(14)5-10(9)12(15,16)17/h1-2,5,7,11H,3-4,6H2. The first-order chi connectivity index (χ1) is 9.10. The molecule has 1 saturated heterocycles. The van der Waals surface area contributed by atoms with Crippen LogP contribution in [0.4, 0.5) is 17.6 Å². The Morgan fingerprint density at radius 1 is 1.30 bits per heavy atom. The summed E-state index contributed by atoms with van der Waals surface area (Å²) in [6.07, 6.45) is -4.38. The maximum Gasteiger partial charge on any atom is 0.416 e. The van der Waals surface area contributed by atoms with Gasteiger partial charge in [0.25, 0.3) is 0 Å². The van der Waals surface area contributed by atoms with Crippen LogP contribution in [-0.4, -0.2) is 19.9 Å². The number of hydrogen-bond donors (Lipinski definition) is 0. The van der Waals surface area contributed by atoms with E-state index in [4.69, 9.17) is 0 Å². The summed E-state index contributed by atoms with van der Waals surface area (Å²) in [5.41, 5.74) is -1.19. The summed E-state index contributed by atoms with van der Waals surface area (Å²) in [5.74, 6) is -1.59. The first kappa shape index (κ1) is 15.8. The van der Waals surface area contributed by atoms with Crippen molar-refractivity contribution in [2.24, 2.45) is 5.92 Å². The van der Waals surface area contributed by atoms with Crippen LogP contribution in [0.25, 0.3) is 0 Å². The van der Waals surface area contributed by atoms with Crippen LogP contribution in [-0.2, 0) is 16.0 Å². The minimum atomic E-state index is -4.68. The number of hydrogen-bond acceptors (Lipinski definition) is 2. The van der Waals surface area contributed by atoms with Crippen LogP contribution in [0.2, 0.25) is 0 Å². The number of halogens is 5. The van der Waals surface area contributed by atoms with E-state index in [1.54, 1.807) is 0 Å². The van der Waals surface area contributed by atoms with Crippen LogP contribution in [0.5, 0.6) is 0 Å². The molecule has 1 aromatic rings. The van der Waals surface area contributed by atoms with E-state index in [1.165, 1.54) is 0 Å². The summed E-state index contributed by atoms with van der Waals surface area (Å²) in [5, 5.41) is 0. The van der Waals surface area contributed by atoms with E-state index in [0.29, 0.717) is 12.5 Å². The fourth-order valence-corrected chi connectivity index (χ4v) is 5.26. The predicted molar refractivity (Wildman–Crippen MR) is 69.8 cm³/mol. The lowest BCUT2D eigenvalue weighted by Crippen LogP contribution is -2.16. The average molecular weight is 375 g/mol. The lowest BCUT2D eigenvalue weighted by molar-refractivity contribution is -0.138. The zero-order chi connectivity index (χ0) is 15.1. The molecular formula is C12H11BrF4O2S. The van der Waals surface area contributed by atoms with Crippen molar-refractivity contribution < 1.29 is 26.0 Å². The van der Waals surface area contributed by atoms with Gasteiger partial charge in [0.15, 0.2) is 9.84 Å². The topological polar surface area (TPSA) is 34.1 Å². The molecule has 1 fully saturated rings. The summed E-state index contributed by atoms with van der Waals surface area (Å²) in [7, 11) is -3.19. The van der Waals surface area contributed by atoms with Gasteiger partial charge in [0, 0.05) is 4.83 Å². The van der Waals surface area contributed by atoms with E-state index in [1.807, 2.05) is 0 Å². The Morgan fingerprint density at radius 3 is 2.45 bits per heavy atom. The van der Waals surface area contributed by atoms with Crippen molar-refractivity contribution in [1.82, 2.24) is 0 Å². The molecule has 1 aliphatic heterocycles. The van der Waals surface area contributed by atoms with Gasteiger partial charge in [0.1, 0.15) is 5.82 Å². The predicted octanol–water partition coefficient (Wildman–Crippen LogP) is 3.72. The Labute approximate surface area is 122 Å². The van der Waals surface area contributed by atoms with Crippen LogP contribution in [0.3, 0.4) is 0 Å². The summed E-state index contributed by atoms with van der Waals surface area (Å²) < 4.78 is 74.6. The molecule has 2 nitrogen and oxygen atoms in total. The first-order valence-electron chi connectivity index (χ1n) is 5.81. The molecule has 1 aromatic carbocycles. The Kier molecular flexibility index (Phi) is 4.17. The second-order valence-electron chi connectivity index (χ2n) is 4.79. The molecule has 2 atom stereocenters. The molecule has 0 radical (unpaired) electrons. The third-order valence-corrected chi connectivity index (χ3v) is 6.33. The van der Waals surface area contributed by atoms with Crippen molar-refractivity contribution >= 4 is 25.8 Å². The molecule has 0 saturated carbocycles. The fraction of sp³-hybridized carbons (Fsp3) is 0.500. The Bertz CT molecular complexity index is 612. The van der Waals surface area contributed by atoms with Crippen molar-refractivity contribution in [1.29, 1.82) is 0 Å². The summed E-state index contributed by atoms with van der Waals surface area (Å²) >= 11 is 3.15. The van der Waals surface area contributed by atoms with Gasteiger partial charge in [-0.3, -0.25) is 0 Å². The molecule has 1 aliphatic rings. The summed E-state index contributed by atoms with van der Waals surface area (Å²) in [6.45, 7) is 0. The Morgan fingerprint density at radius 2 is 1.95 bits per heavy atom. The normalized spacial score (nSPS) is 23.8. The van der Waals surface area contributed by atoms with E-state index in [2.05, 4.69) is 15.9 Å². The zero-order valence-corrected chi connectivity index (χ0v) is 12.5. The van der Waals surface area contributed by atoms with Crippen LogP contribution in [0.1, 0.15) is 22.4 Å². The number of rotatable bonds is 2. The highest BCUT2D eigenvalue weighted by molar-refractivity contribution is 9.09. The van der Waals surface area contributed by atoms with Crippen molar-refractivity contribution in [3.05, 3.63) is 35.1 Å². The SMILES string of the molecule is O=S1(=O)CCC(C(Br)c2ccc(F)cc2C(F)(F)F)C1. The minimum absolute atomic E-state index is 0.0255. The Balaban J connectivity index is 2.38. The largest absolute Gasteiger partial charge is 0.416 e. The number of sulfone groups is 1. The molecule has 112 valence electrons. The maximum absolute atomic E-state index is 13.0. The molecular weight excluding hydrogens is 364 g/mol. The van der Waals surface area contributed by atoms with Gasteiger partial charge in [-0.1, -0.05) is 22.0 Å². The van der Waals surface area contributed by atoms with E-state index in [0.717, 1.165) is 12.1 Å². The highest BCUT2D eigenvalue weighted by Gasteiger charge is 2.39. The van der Waals surface area contributed by atoms with Crippen LogP contribution < -0.4 is 0 Å². The quantitative estimate of drug-likeness (QED) is 0.584. The highest BCUT2D eigenvalue weighted by atomic mass is 79.9. The monoisotopic (exact) mass is 374 g/mol. The van der Waals surface area contributed by atoms with Gasteiger partial charge in [-0.25, -0.2) is 12.8 Å². The van der Waals surface area contributed by atoms with Crippen LogP contribution in [0, 0.1) is 11.7 Å². The lowest BCUT2D eigenvalue weighted by Gasteiger charge is -2.21.